The van der Waals surface area contributed by atoms with Crippen molar-refractivity contribution in [2.75, 3.05) is 13.1 Å². The molecule has 1 aliphatic heterocycles. The molecule has 1 atom stereocenters. The van der Waals surface area contributed by atoms with Gasteiger partial charge in [0.25, 0.3) is 5.91 Å². The first-order valence-electron chi connectivity index (χ1n) is 8.08. The van der Waals surface area contributed by atoms with Gasteiger partial charge in [0.05, 0.1) is 5.56 Å². The van der Waals surface area contributed by atoms with Gasteiger partial charge in [0.15, 0.2) is 5.69 Å². The molecular weight excluding hydrogens is 333 g/mol. The number of piperidine rings is 1. The van der Waals surface area contributed by atoms with E-state index < -0.39 is 11.9 Å². The van der Waals surface area contributed by atoms with Crippen LogP contribution in [0.4, 0.5) is 13.2 Å². The topological polar surface area (TPSA) is 51.0 Å². The highest BCUT2D eigenvalue weighted by Gasteiger charge is 2.36. The second kappa shape index (κ2) is 6.50. The van der Waals surface area contributed by atoms with E-state index in [1.165, 1.54) is 10.8 Å². The van der Waals surface area contributed by atoms with Gasteiger partial charge in [-0.05, 0) is 31.9 Å². The Kier molecular flexibility index (Phi) is 4.53. The highest BCUT2D eigenvalue weighted by Crippen LogP contribution is 2.32. The zero-order valence-corrected chi connectivity index (χ0v) is 14.0. The van der Waals surface area contributed by atoms with Crippen molar-refractivity contribution < 1.29 is 18.0 Å². The van der Waals surface area contributed by atoms with E-state index in [0.29, 0.717) is 30.9 Å². The predicted molar refractivity (Wildman–Crippen MR) is 85.1 cm³/mol. The van der Waals surface area contributed by atoms with Gasteiger partial charge in [0, 0.05) is 44.1 Å². The van der Waals surface area contributed by atoms with Crippen LogP contribution in [0.15, 0.2) is 24.5 Å². The Morgan fingerprint density at radius 3 is 2.68 bits per heavy atom. The molecule has 8 heteroatoms. The number of likely N-dealkylation sites (tertiary alicyclic amines) is 1. The van der Waals surface area contributed by atoms with Crippen LogP contribution in [0.2, 0.25) is 0 Å². The molecule has 0 unspecified atom stereocenters. The lowest BCUT2D eigenvalue weighted by atomic mass is 9.96. The Hall–Kier alpha value is -2.38. The van der Waals surface area contributed by atoms with Gasteiger partial charge in [-0.1, -0.05) is 0 Å². The van der Waals surface area contributed by atoms with Crippen molar-refractivity contribution in [2.24, 2.45) is 7.05 Å². The lowest BCUT2D eigenvalue weighted by molar-refractivity contribution is -0.141. The fourth-order valence-electron chi connectivity index (χ4n) is 3.15. The Bertz CT molecular complexity index is 767. The zero-order valence-electron chi connectivity index (χ0n) is 14.0. The summed E-state index contributed by atoms with van der Waals surface area (Å²) in [6.07, 6.45) is -0.500. The summed E-state index contributed by atoms with van der Waals surface area (Å²) >= 11 is 0. The summed E-state index contributed by atoms with van der Waals surface area (Å²) in [6.45, 7) is 2.78. The zero-order chi connectivity index (χ0) is 18.2. The monoisotopic (exact) mass is 352 g/mol. The molecule has 3 rings (SSSR count). The highest BCUT2D eigenvalue weighted by molar-refractivity contribution is 5.94. The number of alkyl halides is 3. The number of imidazole rings is 1. The summed E-state index contributed by atoms with van der Waals surface area (Å²) in [4.78, 5) is 22.2. The van der Waals surface area contributed by atoms with Crippen molar-refractivity contribution in [2.45, 2.75) is 31.9 Å². The van der Waals surface area contributed by atoms with Crippen LogP contribution in [0.5, 0.6) is 0 Å². The molecule has 0 aromatic carbocycles. The maximum atomic E-state index is 12.9. The largest absolute Gasteiger partial charge is 0.434 e. The number of halogens is 3. The van der Waals surface area contributed by atoms with Crippen molar-refractivity contribution in [1.82, 2.24) is 19.4 Å². The van der Waals surface area contributed by atoms with Gasteiger partial charge in [0.1, 0.15) is 5.82 Å². The van der Waals surface area contributed by atoms with Crippen molar-refractivity contribution in [3.63, 3.8) is 0 Å². The fourth-order valence-corrected chi connectivity index (χ4v) is 3.15. The number of carbonyl (C=O) groups is 1. The highest BCUT2D eigenvalue weighted by atomic mass is 19.4. The number of pyridine rings is 1. The Labute approximate surface area is 143 Å². The number of aromatic nitrogens is 3. The minimum absolute atomic E-state index is 0.151. The van der Waals surface area contributed by atoms with Gasteiger partial charge in [-0.25, -0.2) is 4.98 Å². The molecule has 0 N–H and O–H groups in total. The molecule has 5 nitrogen and oxygen atoms in total. The number of hydrogen-bond donors (Lipinski definition) is 0. The predicted octanol–water partition coefficient (Wildman–Crippen LogP) is 3.16. The molecule has 1 aliphatic rings. The van der Waals surface area contributed by atoms with Crippen LogP contribution >= 0.6 is 0 Å². The Morgan fingerprint density at radius 1 is 1.32 bits per heavy atom. The number of hydrogen-bond acceptors (Lipinski definition) is 3. The van der Waals surface area contributed by atoms with Crippen LogP contribution in [0.3, 0.4) is 0 Å². The van der Waals surface area contributed by atoms with E-state index in [1.54, 1.807) is 24.1 Å². The molecule has 3 heterocycles. The molecule has 25 heavy (non-hydrogen) atoms. The third-order valence-electron chi connectivity index (χ3n) is 4.43. The summed E-state index contributed by atoms with van der Waals surface area (Å²) in [5.41, 5.74) is 0.416. The smallest absolute Gasteiger partial charge is 0.338 e. The van der Waals surface area contributed by atoms with E-state index in [4.69, 9.17) is 0 Å². The number of rotatable bonds is 2. The number of carbonyl (C=O) groups excluding carboxylic acids is 1. The van der Waals surface area contributed by atoms with Gasteiger partial charge in [0.2, 0.25) is 0 Å². The molecule has 0 spiro atoms. The van der Waals surface area contributed by atoms with Gasteiger partial charge >= 0.3 is 6.18 Å². The van der Waals surface area contributed by atoms with Gasteiger partial charge in [-0.15, -0.1) is 0 Å². The van der Waals surface area contributed by atoms with E-state index in [-0.39, 0.29) is 11.8 Å². The van der Waals surface area contributed by atoms with E-state index >= 15 is 0 Å². The summed E-state index contributed by atoms with van der Waals surface area (Å²) in [7, 11) is 1.56. The van der Waals surface area contributed by atoms with Crippen LogP contribution in [0.1, 0.15) is 46.3 Å². The molecule has 0 bridgehead atoms. The number of nitrogens with zero attached hydrogens (tertiary/aromatic N) is 4. The first-order valence-corrected chi connectivity index (χ1v) is 8.08. The fraction of sp³-hybridized carbons (Fsp3) is 0.471. The molecular formula is C17H19F3N4O. The second-order valence-corrected chi connectivity index (χ2v) is 6.37. The van der Waals surface area contributed by atoms with Crippen LogP contribution in [0, 0.1) is 6.92 Å². The van der Waals surface area contributed by atoms with Gasteiger partial charge in [-0.2, -0.15) is 13.2 Å². The number of amides is 1. The third kappa shape index (κ3) is 3.67. The third-order valence-corrected chi connectivity index (χ3v) is 4.43. The maximum Gasteiger partial charge on any atom is 0.434 e. The van der Waals surface area contributed by atoms with Crippen molar-refractivity contribution >= 4 is 5.91 Å². The van der Waals surface area contributed by atoms with E-state index in [0.717, 1.165) is 18.3 Å². The molecule has 0 saturated carbocycles. The van der Waals surface area contributed by atoms with Gasteiger partial charge in [-0.3, -0.25) is 9.78 Å². The van der Waals surface area contributed by atoms with Gasteiger partial charge < -0.3 is 9.47 Å². The number of aryl methyl sites for hydroxylation is 2. The summed E-state index contributed by atoms with van der Waals surface area (Å²) in [5.74, 6) is 0.00603. The van der Waals surface area contributed by atoms with Crippen molar-refractivity contribution in [3.8, 4) is 0 Å². The maximum absolute atomic E-state index is 12.9. The van der Waals surface area contributed by atoms with Crippen LogP contribution < -0.4 is 0 Å². The molecule has 1 amide bonds. The quantitative estimate of drug-likeness (QED) is 0.834. The molecule has 0 radical (unpaired) electrons. The van der Waals surface area contributed by atoms with Crippen LogP contribution in [-0.2, 0) is 13.2 Å². The van der Waals surface area contributed by atoms with E-state index in [1.807, 2.05) is 6.92 Å². The standard InChI is InChI=1S/C17H19F3N4O/c1-11-5-6-12(8-21-11)16(25)24-7-3-4-13(9-24)15-22-14(10-23(15)2)17(18,19)20/h5-6,8,10,13H,3-4,7,9H2,1-2H3/t13-/m1/s1. The molecule has 2 aromatic heterocycles. The molecule has 1 fully saturated rings. The first kappa shape index (κ1) is 17.4. The molecule has 134 valence electrons. The first-order chi connectivity index (χ1) is 11.8. The SMILES string of the molecule is Cc1ccc(C(=O)N2CCC[C@@H](c3nc(C(F)(F)F)cn3C)C2)cn1. The lowest BCUT2D eigenvalue weighted by Gasteiger charge is -2.32. The Balaban J connectivity index is 1.78. The minimum Gasteiger partial charge on any atom is -0.338 e. The van der Waals surface area contributed by atoms with Crippen molar-refractivity contribution in [3.05, 3.63) is 47.3 Å². The molecule has 1 saturated heterocycles. The Morgan fingerprint density at radius 2 is 2.08 bits per heavy atom. The van der Waals surface area contributed by atoms with E-state index in [9.17, 15) is 18.0 Å². The van der Waals surface area contributed by atoms with Crippen molar-refractivity contribution in [1.29, 1.82) is 0 Å². The van der Waals surface area contributed by atoms with Crippen LogP contribution in [0.25, 0.3) is 0 Å². The van der Waals surface area contributed by atoms with E-state index in [2.05, 4.69) is 9.97 Å². The average molecular weight is 352 g/mol. The minimum atomic E-state index is -4.46. The summed E-state index contributed by atoms with van der Waals surface area (Å²) in [5, 5.41) is 0. The van der Waals surface area contributed by atoms with Crippen LogP contribution in [-0.4, -0.2) is 38.4 Å². The normalized spacial score (nSPS) is 18.4. The molecule has 0 aliphatic carbocycles. The second-order valence-electron chi connectivity index (χ2n) is 6.37. The summed E-state index contributed by atoms with van der Waals surface area (Å²) in [6, 6.07) is 3.49. The molecule has 2 aromatic rings. The summed E-state index contributed by atoms with van der Waals surface area (Å²) < 4.78 is 40.0. The lowest BCUT2D eigenvalue weighted by Crippen LogP contribution is -2.39. The average Bonchev–Trinajstić information content (AvgIpc) is 2.97.